The van der Waals surface area contributed by atoms with Crippen LogP contribution in [0.15, 0.2) is 0 Å². The molecule has 0 aliphatic carbocycles. The number of hydrogen-bond acceptors (Lipinski definition) is 4. The van der Waals surface area contributed by atoms with Crippen molar-refractivity contribution in [1.82, 2.24) is 20.0 Å². The predicted octanol–water partition coefficient (Wildman–Crippen LogP) is 0.864. The third kappa shape index (κ3) is 2.80. The quantitative estimate of drug-likeness (QED) is 0.860. The molecule has 3 N–H and O–H groups in total. The molecule has 6 heteroatoms. The molecule has 0 aromatic carbocycles. The Kier molecular flexibility index (Phi) is 4.32. The van der Waals surface area contributed by atoms with Crippen molar-refractivity contribution in [1.29, 1.82) is 0 Å². The van der Waals surface area contributed by atoms with Gasteiger partial charge < -0.3 is 16.0 Å². The molecule has 1 fully saturated rings. The van der Waals surface area contributed by atoms with Crippen molar-refractivity contribution in [2.75, 3.05) is 25.9 Å². The zero-order valence-corrected chi connectivity index (χ0v) is 12.8. The standard InChI is InChI=1S/C14H25N5O/c1-5-19-13(12(15)10(3)17-19)14(20)16-11-6-7-18(4)8-9(11)2/h9,11H,5-8,15H2,1-4H3,(H,16,20). The Bertz CT molecular complexity index is 496. The normalized spacial score (nSPS) is 23.8. The van der Waals surface area contributed by atoms with Crippen LogP contribution in [-0.4, -0.2) is 46.8 Å². The van der Waals surface area contributed by atoms with Gasteiger partial charge in [0.15, 0.2) is 0 Å². The number of rotatable bonds is 3. The summed E-state index contributed by atoms with van der Waals surface area (Å²) < 4.78 is 1.68. The Labute approximate surface area is 120 Å². The number of nitrogens with zero attached hydrogens (tertiary/aromatic N) is 3. The average Bonchev–Trinajstić information content (AvgIpc) is 2.68. The van der Waals surface area contributed by atoms with E-state index < -0.39 is 0 Å². The maximum absolute atomic E-state index is 12.5. The van der Waals surface area contributed by atoms with Crippen LogP contribution in [0.2, 0.25) is 0 Å². The minimum atomic E-state index is -0.105. The molecular weight excluding hydrogens is 254 g/mol. The van der Waals surface area contributed by atoms with Crippen LogP contribution >= 0.6 is 0 Å². The number of piperidine rings is 1. The Hall–Kier alpha value is -1.56. The molecule has 112 valence electrons. The van der Waals surface area contributed by atoms with E-state index in [0.717, 1.165) is 19.5 Å². The fourth-order valence-corrected chi connectivity index (χ4v) is 2.87. The van der Waals surface area contributed by atoms with Crippen LogP contribution in [0.5, 0.6) is 0 Å². The van der Waals surface area contributed by atoms with E-state index in [1.54, 1.807) is 4.68 Å². The molecule has 1 aromatic rings. The van der Waals surface area contributed by atoms with Gasteiger partial charge in [0.25, 0.3) is 5.91 Å². The smallest absolute Gasteiger partial charge is 0.271 e. The summed E-state index contributed by atoms with van der Waals surface area (Å²) in [5, 5.41) is 7.42. The number of likely N-dealkylation sites (tertiary alicyclic amines) is 1. The Morgan fingerprint density at radius 1 is 1.55 bits per heavy atom. The SMILES string of the molecule is CCn1nc(C)c(N)c1C(=O)NC1CCN(C)CC1C. The van der Waals surface area contributed by atoms with Gasteiger partial charge in [0.2, 0.25) is 0 Å². The molecule has 2 unspecified atom stereocenters. The first-order valence-electron chi connectivity index (χ1n) is 7.26. The van der Waals surface area contributed by atoms with Gasteiger partial charge in [-0.1, -0.05) is 6.92 Å². The van der Waals surface area contributed by atoms with Crippen LogP contribution in [-0.2, 0) is 6.54 Å². The maximum atomic E-state index is 12.5. The highest BCUT2D eigenvalue weighted by Crippen LogP contribution is 2.19. The number of carbonyl (C=O) groups is 1. The van der Waals surface area contributed by atoms with E-state index >= 15 is 0 Å². The van der Waals surface area contributed by atoms with Gasteiger partial charge >= 0.3 is 0 Å². The highest BCUT2D eigenvalue weighted by Gasteiger charge is 2.28. The number of amides is 1. The summed E-state index contributed by atoms with van der Waals surface area (Å²) in [5.41, 5.74) is 7.69. The number of nitrogen functional groups attached to an aromatic ring is 1. The molecule has 1 amide bonds. The minimum Gasteiger partial charge on any atom is -0.395 e. The summed E-state index contributed by atoms with van der Waals surface area (Å²) >= 11 is 0. The molecule has 1 aliphatic rings. The summed E-state index contributed by atoms with van der Waals surface area (Å²) in [5.74, 6) is 0.337. The minimum absolute atomic E-state index is 0.105. The average molecular weight is 279 g/mol. The summed E-state index contributed by atoms with van der Waals surface area (Å²) in [7, 11) is 2.11. The zero-order chi connectivity index (χ0) is 14.9. The first-order chi connectivity index (χ1) is 9.43. The number of nitrogens with one attached hydrogen (secondary N) is 1. The lowest BCUT2D eigenvalue weighted by molar-refractivity contribution is 0.0874. The largest absolute Gasteiger partial charge is 0.395 e. The molecule has 2 heterocycles. The fraction of sp³-hybridized carbons (Fsp3) is 0.714. The topological polar surface area (TPSA) is 76.2 Å². The Balaban J connectivity index is 2.12. The van der Waals surface area contributed by atoms with Crippen molar-refractivity contribution < 1.29 is 4.79 Å². The van der Waals surface area contributed by atoms with Crippen LogP contribution in [0.3, 0.4) is 0 Å². The lowest BCUT2D eigenvalue weighted by atomic mass is 9.94. The molecule has 0 radical (unpaired) electrons. The zero-order valence-electron chi connectivity index (χ0n) is 12.8. The molecule has 0 saturated carbocycles. The number of nitrogens with two attached hydrogens (primary N) is 1. The summed E-state index contributed by atoms with van der Waals surface area (Å²) in [6.07, 6.45) is 0.975. The molecule has 1 saturated heterocycles. The van der Waals surface area contributed by atoms with E-state index in [9.17, 15) is 4.79 Å². The van der Waals surface area contributed by atoms with Gasteiger partial charge in [-0.2, -0.15) is 5.10 Å². The summed E-state index contributed by atoms with van der Waals surface area (Å²) in [4.78, 5) is 14.8. The van der Waals surface area contributed by atoms with Crippen molar-refractivity contribution >= 4 is 11.6 Å². The second-order valence-corrected chi connectivity index (χ2v) is 5.77. The predicted molar refractivity (Wildman–Crippen MR) is 79.6 cm³/mol. The first-order valence-corrected chi connectivity index (χ1v) is 7.26. The Morgan fingerprint density at radius 2 is 2.25 bits per heavy atom. The van der Waals surface area contributed by atoms with Crippen LogP contribution in [0.25, 0.3) is 0 Å². The molecule has 1 aliphatic heterocycles. The van der Waals surface area contributed by atoms with Gasteiger partial charge in [-0.3, -0.25) is 9.48 Å². The second kappa shape index (κ2) is 5.83. The highest BCUT2D eigenvalue weighted by molar-refractivity contribution is 5.98. The molecule has 1 aromatic heterocycles. The maximum Gasteiger partial charge on any atom is 0.271 e. The molecular formula is C14H25N5O. The first kappa shape index (κ1) is 14.8. The van der Waals surface area contributed by atoms with Crippen molar-refractivity contribution in [2.45, 2.75) is 39.8 Å². The van der Waals surface area contributed by atoms with E-state index in [1.807, 2.05) is 13.8 Å². The number of carbonyl (C=O) groups excluding carboxylic acids is 1. The lowest BCUT2D eigenvalue weighted by Crippen LogP contribution is -2.49. The van der Waals surface area contributed by atoms with Crippen LogP contribution < -0.4 is 11.1 Å². The lowest BCUT2D eigenvalue weighted by Gasteiger charge is -2.35. The van der Waals surface area contributed by atoms with Gasteiger partial charge in [0.05, 0.1) is 11.4 Å². The van der Waals surface area contributed by atoms with Gasteiger partial charge in [-0.25, -0.2) is 0 Å². The van der Waals surface area contributed by atoms with E-state index in [-0.39, 0.29) is 11.9 Å². The summed E-state index contributed by atoms with van der Waals surface area (Å²) in [6.45, 7) is 8.62. The van der Waals surface area contributed by atoms with E-state index in [0.29, 0.717) is 29.5 Å². The van der Waals surface area contributed by atoms with E-state index in [4.69, 9.17) is 5.73 Å². The van der Waals surface area contributed by atoms with Gasteiger partial charge in [0, 0.05) is 19.1 Å². The monoisotopic (exact) mass is 279 g/mol. The molecule has 0 spiro atoms. The molecule has 2 atom stereocenters. The van der Waals surface area contributed by atoms with Crippen molar-refractivity contribution in [3.63, 3.8) is 0 Å². The van der Waals surface area contributed by atoms with Crippen molar-refractivity contribution in [2.24, 2.45) is 5.92 Å². The number of anilines is 1. The van der Waals surface area contributed by atoms with E-state index in [1.165, 1.54) is 0 Å². The number of aryl methyl sites for hydroxylation is 2. The molecule has 6 nitrogen and oxygen atoms in total. The Morgan fingerprint density at radius 3 is 2.85 bits per heavy atom. The fourth-order valence-electron chi connectivity index (χ4n) is 2.87. The van der Waals surface area contributed by atoms with Gasteiger partial charge in [-0.15, -0.1) is 0 Å². The van der Waals surface area contributed by atoms with Crippen molar-refractivity contribution in [3.8, 4) is 0 Å². The van der Waals surface area contributed by atoms with Crippen LogP contribution in [0, 0.1) is 12.8 Å². The van der Waals surface area contributed by atoms with E-state index in [2.05, 4.69) is 29.3 Å². The number of aromatic nitrogens is 2. The van der Waals surface area contributed by atoms with Crippen LogP contribution in [0.1, 0.15) is 36.5 Å². The highest BCUT2D eigenvalue weighted by atomic mass is 16.2. The summed E-state index contributed by atoms with van der Waals surface area (Å²) in [6, 6.07) is 0.207. The van der Waals surface area contributed by atoms with Crippen LogP contribution in [0.4, 0.5) is 5.69 Å². The van der Waals surface area contributed by atoms with Crippen molar-refractivity contribution in [3.05, 3.63) is 11.4 Å². The van der Waals surface area contributed by atoms with Gasteiger partial charge in [-0.05, 0) is 39.8 Å². The molecule has 2 rings (SSSR count). The molecule has 20 heavy (non-hydrogen) atoms. The van der Waals surface area contributed by atoms with Gasteiger partial charge in [0.1, 0.15) is 5.69 Å². The second-order valence-electron chi connectivity index (χ2n) is 5.77. The third-order valence-electron chi connectivity index (χ3n) is 4.11. The third-order valence-corrected chi connectivity index (χ3v) is 4.11. The molecule has 0 bridgehead atoms. The number of hydrogen-bond donors (Lipinski definition) is 2.